The Hall–Kier alpha value is -4.15. The third kappa shape index (κ3) is 3.29. The van der Waals surface area contributed by atoms with Gasteiger partial charge in [0, 0.05) is 23.4 Å². The van der Waals surface area contributed by atoms with Gasteiger partial charge in [-0.15, -0.1) is 5.10 Å². The monoisotopic (exact) mass is 390 g/mol. The van der Waals surface area contributed by atoms with Gasteiger partial charge in [0.2, 0.25) is 5.91 Å². The summed E-state index contributed by atoms with van der Waals surface area (Å²) in [7, 11) is 0. The topological polar surface area (TPSA) is 154 Å². The molecule has 0 radical (unpaired) electrons. The number of rotatable bonds is 6. The van der Waals surface area contributed by atoms with Crippen LogP contribution in [0.25, 0.3) is 11.3 Å². The molecule has 1 fully saturated rings. The van der Waals surface area contributed by atoms with Crippen LogP contribution in [0.5, 0.6) is 0 Å². The molecule has 1 aromatic carbocycles. The Morgan fingerprint density at radius 3 is 2.79 bits per heavy atom. The van der Waals surface area contributed by atoms with Crippen LogP contribution >= 0.6 is 0 Å². The fourth-order valence-electron chi connectivity index (χ4n) is 3.05. The maximum absolute atomic E-state index is 11.8. The highest BCUT2D eigenvalue weighted by molar-refractivity contribution is 5.94. The lowest BCUT2D eigenvalue weighted by atomic mass is 10.1. The zero-order valence-electron chi connectivity index (χ0n) is 15.3. The first-order valence-electron chi connectivity index (χ1n) is 9.04. The number of hydrogen-bond acceptors (Lipinski definition) is 8. The van der Waals surface area contributed by atoms with E-state index in [2.05, 4.69) is 30.8 Å². The fraction of sp³-hybridized carbons (Fsp3) is 0.167. The summed E-state index contributed by atoms with van der Waals surface area (Å²) in [6.07, 6.45) is 6.76. The van der Waals surface area contributed by atoms with Gasteiger partial charge >= 0.3 is 0 Å². The van der Waals surface area contributed by atoms with E-state index in [1.54, 1.807) is 27.5 Å². The Bertz CT molecular complexity index is 1210. The maximum atomic E-state index is 11.8. The van der Waals surface area contributed by atoms with Crippen molar-refractivity contribution < 1.29 is 4.79 Å². The molecule has 146 valence electrons. The van der Waals surface area contributed by atoms with Crippen molar-refractivity contribution in [2.45, 2.75) is 18.9 Å². The van der Waals surface area contributed by atoms with Crippen LogP contribution < -0.4 is 22.1 Å². The summed E-state index contributed by atoms with van der Waals surface area (Å²) >= 11 is 0. The second-order valence-corrected chi connectivity index (χ2v) is 6.88. The number of primary amides is 1. The van der Waals surface area contributed by atoms with Crippen molar-refractivity contribution in [2.75, 3.05) is 16.4 Å². The number of hydrogen-bond donors (Lipinski definition) is 4. The number of aromatic nitrogens is 6. The predicted octanol–water partition coefficient (Wildman–Crippen LogP) is 1.31. The van der Waals surface area contributed by atoms with Gasteiger partial charge in [-0.05, 0) is 31.0 Å². The van der Waals surface area contributed by atoms with Gasteiger partial charge < -0.3 is 22.1 Å². The predicted molar refractivity (Wildman–Crippen MR) is 107 cm³/mol. The second-order valence-electron chi connectivity index (χ2n) is 6.88. The third-order valence-electron chi connectivity index (χ3n) is 4.59. The normalized spacial score (nSPS) is 13.5. The lowest BCUT2D eigenvalue weighted by molar-refractivity contribution is 0.100. The lowest BCUT2D eigenvalue weighted by Crippen LogP contribution is -2.13. The van der Waals surface area contributed by atoms with Gasteiger partial charge in [-0.2, -0.15) is 9.61 Å². The van der Waals surface area contributed by atoms with Crippen LogP contribution in [0.2, 0.25) is 0 Å². The SMILES string of the molecule is NC(=O)c1cc(Nc2cc(NC3CC3)c3ncc(N)n3n2)cc(-n2cncn2)c1. The molecule has 29 heavy (non-hydrogen) atoms. The third-order valence-corrected chi connectivity index (χ3v) is 4.59. The van der Waals surface area contributed by atoms with Crippen molar-refractivity contribution in [3.63, 3.8) is 0 Å². The van der Waals surface area contributed by atoms with Crippen molar-refractivity contribution in [1.82, 2.24) is 29.4 Å². The Balaban J connectivity index is 1.56. The van der Waals surface area contributed by atoms with Gasteiger partial charge in [0.25, 0.3) is 0 Å². The molecule has 6 N–H and O–H groups in total. The van der Waals surface area contributed by atoms with E-state index in [0.29, 0.717) is 40.3 Å². The van der Waals surface area contributed by atoms with Crippen LogP contribution in [0, 0.1) is 0 Å². The number of nitrogens with zero attached hydrogens (tertiary/aromatic N) is 6. The molecule has 0 spiro atoms. The first-order chi connectivity index (χ1) is 14.1. The quantitative estimate of drug-likeness (QED) is 0.384. The zero-order valence-corrected chi connectivity index (χ0v) is 15.3. The molecule has 3 heterocycles. The Morgan fingerprint density at radius 2 is 2.07 bits per heavy atom. The number of nitrogen functional groups attached to an aromatic ring is 1. The molecule has 0 bridgehead atoms. The van der Waals surface area contributed by atoms with Gasteiger partial charge in [-0.25, -0.2) is 14.6 Å². The van der Waals surface area contributed by atoms with Gasteiger partial charge in [-0.3, -0.25) is 4.79 Å². The van der Waals surface area contributed by atoms with Crippen LogP contribution in [0.4, 0.5) is 23.0 Å². The summed E-state index contributed by atoms with van der Waals surface area (Å²) in [5, 5.41) is 15.3. The average Bonchev–Trinajstić information content (AvgIpc) is 3.20. The number of nitrogens with one attached hydrogen (secondary N) is 2. The minimum atomic E-state index is -0.548. The standard InChI is InChI=1S/C18H18N10O/c19-15-7-22-18-14(24-11-1-2-11)6-16(26-28(15)18)25-12-3-10(17(20)29)4-13(5-12)27-9-21-8-23-27/h3-9,11,24H,1-2,19H2,(H2,20,29)(H,25,26). The van der Waals surface area contributed by atoms with Gasteiger partial charge in [0.15, 0.2) is 11.5 Å². The fourth-order valence-corrected chi connectivity index (χ4v) is 3.05. The highest BCUT2D eigenvalue weighted by Gasteiger charge is 2.23. The summed E-state index contributed by atoms with van der Waals surface area (Å²) < 4.78 is 3.12. The van der Waals surface area contributed by atoms with Crippen LogP contribution in [-0.2, 0) is 0 Å². The Kier molecular flexibility index (Phi) is 3.79. The number of carbonyl (C=O) groups excluding carboxylic acids is 1. The van der Waals surface area contributed by atoms with Crippen LogP contribution in [0.3, 0.4) is 0 Å². The summed E-state index contributed by atoms with van der Waals surface area (Å²) in [6.45, 7) is 0. The summed E-state index contributed by atoms with van der Waals surface area (Å²) in [5.74, 6) is 0.418. The molecule has 11 nitrogen and oxygen atoms in total. The molecule has 0 atom stereocenters. The molecular formula is C18H18N10O. The molecule has 0 saturated heterocycles. The zero-order chi connectivity index (χ0) is 20.0. The molecule has 5 rings (SSSR count). The molecule has 1 aliphatic carbocycles. The molecule has 0 aliphatic heterocycles. The minimum absolute atomic E-state index is 0.333. The van der Waals surface area contributed by atoms with E-state index in [1.807, 2.05) is 12.1 Å². The molecule has 0 unspecified atom stereocenters. The summed E-state index contributed by atoms with van der Waals surface area (Å²) in [5.41, 5.74) is 14.6. The van der Waals surface area contributed by atoms with Gasteiger partial charge in [0.1, 0.15) is 18.5 Å². The van der Waals surface area contributed by atoms with Crippen molar-refractivity contribution in [3.8, 4) is 5.69 Å². The largest absolute Gasteiger partial charge is 0.382 e. The second kappa shape index (κ2) is 6.48. The summed E-state index contributed by atoms with van der Waals surface area (Å²) in [6, 6.07) is 7.42. The van der Waals surface area contributed by atoms with Gasteiger partial charge in [-0.1, -0.05) is 0 Å². The smallest absolute Gasteiger partial charge is 0.248 e. The number of carbonyl (C=O) groups is 1. The molecule has 1 aliphatic rings. The highest BCUT2D eigenvalue weighted by Crippen LogP contribution is 2.30. The first-order valence-corrected chi connectivity index (χ1v) is 9.04. The molecule has 1 saturated carbocycles. The highest BCUT2D eigenvalue weighted by atomic mass is 16.1. The molecule has 3 aromatic heterocycles. The van der Waals surface area contributed by atoms with Crippen molar-refractivity contribution in [3.05, 3.63) is 48.7 Å². The van der Waals surface area contributed by atoms with E-state index >= 15 is 0 Å². The van der Waals surface area contributed by atoms with E-state index in [-0.39, 0.29) is 0 Å². The van der Waals surface area contributed by atoms with Crippen molar-refractivity contribution in [1.29, 1.82) is 0 Å². The summed E-state index contributed by atoms with van der Waals surface area (Å²) in [4.78, 5) is 20.1. The number of imidazole rings is 1. The van der Waals surface area contributed by atoms with Crippen molar-refractivity contribution >= 4 is 34.6 Å². The number of nitrogens with two attached hydrogens (primary N) is 2. The number of benzene rings is 1. The van der Waals surface area contributed by atoms with E-state index in [9.17, 15) is 4.79 Å². The molecule has 1 amide bonds. The number of fused-ring (bicyclic) bond motifs is 1. The van der Waals surface area contributed by atoms with E-state index in [0.717, 1.165) is 18.5 Å². The number of amides is 1. The molecule has 11 heteroatoms. The van der Waals surface area contributed by atoms with E-state index in [1.165, 1.54) is 12.7 Å². The first kappa shape index (κ1) is 17.0. The Morgan fingerprint density at radius 1 is 1.21 bits per heavy atom. The van der Waals surface area contributed by atoms with Crippen molar-refractivity contribution in [2.24, 2.45) is 5.73 Å². The Labute approximate surface area is 164 Å². The lowest BCUT2D eigenvalue weighted by Gasteiger charge is -2.13. The van der Waals surface area contributed by atoms with Gasteiger partial charge in [0.05, 0.1) is 17.6 Å². The van der Waals surface area contributed by atoms with E-state index < -0.39 is 5.91 Å². The average molecular weight is 390 g/mol. The van der Waals surface area contributed by atoms with Crippen LogP contribution in [0.15, 0.2) is 43.1 Å². The minimum Gasteiger partial charge on any atom is -0.382 e. The number of anilines is 4. The maximum Gasteiger partial charge on any atom is 0.248 e. The van der Waals surface area contributed by atoms with E-state index in [4.69, 9.17) is 11.5 Å². The molecular weight excluding hydrogens is 372 g/mol. The molecule has 4 aromatic rings. The van der Waals surface area contributed by atoms with Crippen LogP contribution in [0.1, 0.15) is 23.2 Å². The van der Waals surface area contributed by atoms with Crippen LogP contribution in [-0.4, -0.2) is 41.3 Å².